The summed E-state index contributed by atoms with van der Waals surface area (Å²) >= 11 is 0. The third-order valence-corrected chi connectivity index (χ3v) is 5.26. The topological polar surface area (TPSA) is 115 Å². The van der Waals surface area contributed by atoms with Crippen LogP contribution in [0, 0.1) is 0 Å². The molecule has 0 saturated carbocycles. The Morgan fingerprint density at radius 2 is 2.23 bits per heavy atom. The van der Waals surface area contributed by atoms with Crippen LogP contribution in [0.3, 0.4) is 0 Å². The molecule has 1 saturated heterocycles. The Bertz CT molecular complexity index is 801. The third-order valence-electron chi connectivity index (χ3n) is 3.71. The predicted molar refractivity (Wildman–Crippen MR) is 80.6 cm³/mol. The van der Waals surface area contributed by atoms with Gasteiger partial charge in [-0.1, -0.05) is 0 Å². The Kier molecular flexibility index (Phi) is 3.75. The summed E-state index contributed by atoms with van der Waals surface area (Å²) in [5.74, 6) is -1.12. The van der Waals surface area contributed by atoms with E-state index in [1.165, 1.54) is 6.33 Å². The van der Waals surface area contributed by atoms with Gasteiger partial charge in [-0.3, -0.25) is 9.52 Å². The van der Waals surface area contributed by atoms with E-state index >= 15 is 0 Å². The number of aliphatic carboxylic acids is 1. The molecule has 0 bridgehead atoms. The highest BCUT2D eigenvalue weighted by Crippen LogP contribution is 2.23. The van der Waals surface area contributed by atoms with Crippen LogP contribution in [0.1, 0.15) is 19.3 Å². The van der Waals surface area contributed by atoms with Crippen molar-refractivity contribution < 1.29 is 18.3 Å². The summed E-state index contributed by atoms with van der Waals surface area (Å²) in [5, 5.41) is 9.20. The molecule has 2 heterocycles. The number of anilines is 1. The average Bonchev–Trinajstić information content (AvgIpc) is 2.94. The number of benzene rings is 1. The maximum atomic E-state index is 12.5. The quantitative estimate of drug-likeness (QED) is 0.780. The van der Waals surface area contributed by atoms with Crippen LogP contribution >= 0.6 is 0 Å². The zero-order valence-electron chi connectivity index (χ0n) is 11.7. The maximum Gasteiger partial charge on any atom is 0.322 e. The monoisotopic (exact) mass is 324 g/mol. The molecular formula is C13H16N4O4S. The molecule has 1 fully saturated rings. The summed E-state index contributed by atoms with van der Waals surface area (Å²) in [4.78, 5) is 18.2. The number of rotatable bonds is 4. The van der Waals surface area contributed by atoms with Gasteiger partial charge in [-0.15, -0.1) is 0 Å². The molecule has 0 unspecified atom stereocenters. The number of carboxylic acid groups (broad SMARTS) is 1. The van der Waals surface area contributed by atoms with Crippen molar-refractivity contribution in [3.8, 4) is 0 Å². The van der Waals surface area contributed by atoms with Crippen LogP contribution < -0.4 is 4.72 Å². The number of aromatic nitrogens is 2. The molecular weight excluding hydrogens is 308 g/mol. The molecule has 118 valence electrons. The highest BCUT2D eigenvalue weighted by atomic mass is 32.2. The summed E-state index contributed by atoms with van der Waals surface area (Å²) in [5.41, 5.74) is 1.80. The zero-order valence-corrected chi connectivity index (χ0v) is 12.5. The second-order valence-corrected chi connectivity index (χ2v) is 6.83. The van der Waals surface area contributed by atoms with Gasteiger partial charge in [0, 0.05) is 6.54 Å². The van der Waals surface area contributed by atoms with Crippen LogP contribution in [-0.2, 0) is 15.0 Å². The van der Waals surface area contributed by atoms with Crippen LogP contribution in [0.5, 0.6) is 0 Å². The number of imidazole rings is 1. The number of aromatic amines is 1. The second kappa shape index (κ2) is 5.58. The van der Waals surface area contributed by atoms with Gasteiger partial charge in [0.15, 0.2) is 0 Å². The van der Waals surface area contributed by atoms with E-state index in [0.29, 0.717) is 30.5 Å². The maximum absolute atomic E-state index is 12.5. The van der Waals surface area contributed by atoms with E-state index in [0.717, 1.165) is 9.82 Å². The summed E-state index contributed by atoms with van der Waals surface area (Å²) in [6, 6.07) is 3.90. The molecule has 0 radical (unpaired) electrons. The lowest BCUT2D eigenvalue weighted by molar-refractivity contribution is -0.142. The SMILES string of the molecule is O=C(O)[C@@H]1CCCCN1S(=O)(=O)Nc1ccc2nc[nH]c2c1. The first-order valence-corrected chi connectivity index (χ1v) is 8.37. The molecule has 1 aromatic heterocycles. The van der Waals surface area contributed by atoms with Crippen molar-refractivity contribution >= 4 is 32.9 Å². The number of carbonyl (C=O) groups is 1. The minimum absolute atomic E-state index is 0.207. The van der Waals surface area contributed by atoms with Gasteiger partial charge < -0.3 is 10.1 Å². The Balaban J connectivity index is 1.86. The smallest absolute Gasteiger partial charge is 0.322 e. The van der Waals surface area contributed by atoms with Crippen LogP contribution in [0.25, 0.3) is 11.0 Å². The lowest BCUT2D eigenvalue weighted by atomic mass is 10.1. The third kappa shape index (κ3) is 2.77. The molecule has 1 aliphatic heterocycles. The zero-order chi connectivity index (χ0) is 15.7. The number of hydrogen-bond donors (Lipinski definition) is 3. The van der Waals surface area contributed by atoms with Crippen molar-refractivity contribution in [2.45, 2.75) is 25.3 Å². The van der Waals surface area contributed by atoms with E-state index in [-0.39, 0.29) is 6.54 Å². The molecule has 1 atom stereocenters. The first-order valence-electron chi connectivity index (χ1n) is 6.93. The fourth-order valence-corrected chi connectivity index (χ4v) is 4.09. The van der Waals surface area contributed by atoms with Crippen LogP contribution in [-0.4, -0.2) is 46.4 Å². The molecule has 0 amide bonds. The number of carboxylic acids is 1. The van der Waals surface area contributed by atoms with Gasteiger partial charge >= 0.3 is 16.2 Å². The summed E-state index contributed by atoms with van der Waals surface area (Å²) in [6.07, 6.45) is 3.22. The number of H-pyrrole nitrogens is 1. The molecule has 8 nitrogen and oxygen atoms in total. The van der Waals surface area contributed by atoms with E-state index in [1.54, 1.807) is 18.2 Å². The van der Waals surface area contributed by atoms with Crippen molar-refractivity contribution in [1.82, 2.24) is 14.3 Å². The molecule has 1 aromatic carbocycles. The van der Waals surface area contributed by atoms with Crippen molar-refractivity contribution in [1.29, 1.82) is 0 Å². The summed E-state index contributed by atoms with van der Waals surface area (Å²) in [6.45, 7) is 0.207. The van der Waals surface area contributed by atoms with Crippen molar-refractivity contribution in [2.24, 2.45) is 0 Å². The fourth-order valence-electron chi connectivity index (χ4n) is 2.65. The van der Waals surface area contributed by atoms with Gasteiger partial charge in [0.25, 0.3) is 0 Å². The predicted octanol–water partition coefficient (Wildman–Crippen LogP) is 1.16. The van der Waals surface area contributed by atoms with Gasteiger partial charge in [0.2, 0.25) is 0 Å². The van der Waals surface area contributed by atoms with Crippen molar-refractivity contribution in [3.05, 3.63) is 24.5 Å². The minimum Gasteiger partial charge on any atom is -0.480 e. The first kappa shape index (κ1) is 14.8. The molecule has 22 heavy (non-hydrogen) atoms. The number of nitrogens with one attached hydrogen (secondary N) is 2. The van der Waals surface area contributed by atoms with Gasteiger partial charge in [-0.05, 0) is 37.5 Å². The summed E-state index contributed by atoms with van der Waals surface area (Å²) in [7, 11) is -3.91. The van der Waals surface area contributed by atoms with Crippen LogP contribution in [0.4, 0.5) is 5.69 Å². The highest BCUT2D eigenvalue weighted by Gasteiger charge is 2.36. The second-order valence-electron chi connectivity index (χ2n) is 5.20. The molecule has 0 spiro atoms. The van der Waals surface area contributed by atoms with Crippen LogP contribution in [0.15, 0.2) is 24.5 Å². The van der Waals surface area contributed by atoms with Gasteiger partial charge in [0.1, 0.15) is 6.04 Å². The number of hydrogen-bond acceptors (Lipinski definition) is 4. The van der Waals surface area contributed by atoms with Gasteiger partial charge in [-0.25, -0.2) is 4.98 Å². The standard InChI is InChI=1S/C13H16N4O4S/c18-13(19)12-3-1-2-6-17(12)22(20,21)16-9-4-5-10-11(7-9)15-8-14-10/h4-5,7-8,12,16H,1-3,6H2,(H,14,15)(H,18,19)/t12-/m0/s1. The molecule has 2 aromatic rings. The average molecular weight is 324 g/mol. The fraction of sp³-hybridized carbons (Fsp3) is 0.385. The van der Waals surface area contributed by atoms with E-state index in [1.807, 2.05) is 0 Å². The van der Waals surface area contributed by atoms with Crippen molar-refractivity contribution in [2.75, 3.05) is 11.3 Å². The van der Waals surface area contributed by atoms with E-state index in [9.17, 15) is 18.3 Å². The molecule has 1 aliphatic rings. The minimum atomic E-state index is -3.91. The Morgan fingerprint density at radius 3 is 3.00 bits per heavy atom. The molecule has 9 heteroatoms. The van der Waals surface area contributed by atoms with Gasteiger partial charge in [0.05, 0.1) is 23.0 Å². The molecule has 3 N–H and O–H groups in total. The highest BCUT2D eigenvalue weighted by molar-refractivity contribution is 7.90. The largest absolute Gasteiger partial charge is 0.480 e. The number of nitrogens with zero attached hydrogens (tertiary/aromatic N) is 2. The van der Waals surface area contributed by atoms with Gasteiger partial charge in [-0.2, -0.15) is 12.7 Å². The summed E-state index contributed by atoms with van der Waals surface area (Å²) < 4.78 is 28.4. The Labute approximate surface area is 127 Å². The number of fused-ring (bicyclic) bond motifs is 1. The van der Waals surface area contributed by atoms with E-state index in [2.05, 4.69) is 14.7 Å². The molecule has 0 aliphatic carbocycles. The lowest BCUT2D eigenvalue weighted by Crippen LogP contribution is -2.49. The van der Waals surface area contributed by atoms with Crippen molar-refractivity contribution in [3.63, 3.8) is 0 Å². The molecule has 3 rings (SSSR count). The Morgan fingerprint density at radius 1 is 1.41 bits per heavy atom. The Hall–Kier alpha value is -2.13. The van der Waals surface area contributed by atoms with E-state index in [4.69, 9.17) is 0 Å². The first-order chi connectivity index (χ1) is 10.5. The number of piperidine rings is 1. The normalized spacial score (nSPS) is 20.1. The van der Waals surface area contributed by atoms with E-state index < -0.39 is 22.2 Å². The lowest BCUT2D eigenvalue weighted by Gasteiger charge is -2.31. The van der Waals surface area contributed by atoms with Crippen LogP contribution in [0.2, 0.25) is 0 Å².